The molecule has 0 radical (unpaired) electrons. The Hall–Kier alpha value is -2.75. The summed E-state index contributed by atoms with van der Waals surface area (Å²) in [5.41, 5.74) is 2.26. The summed E-state index contributed by atoms with van der Waals surface area (Å²) in [6.45, 7) is 2.44. The number of hydrogen-bond acceptors (Lipinski definition) is 6. The van der Waals surface area contributed by atoms with Gasteiger partial charge in [0, 0.05) is 21.1 Å². The number of aryl methyl sites for hydroxylation is 1. The molecule has 154 valence electrons. The molecule has 3 heterocycles. The summed E-state index contributed by atoms with van der Waals surface area (Å²) in [7, 11) is 1.81. The van der Waals surface area contributed by atoms with E-state index in [1.807, 2.05) is 36.6 Å². The number of carbonyl (C=O) groups excluding carboxylic acids is 1. The van der Waals surface area contributed by atoms with Gasteiger partial charge in [0.05, 0.1) is 24.7 Å². The zero-order chi connectivity index (χ0) is 21.3. The summed E-state index contributed by atoms with van der Waals surface area (Å²) >= 11 is 4.81. The van der Waals surface area contributed by atoms with Crippen LogP contribution in [0, 0.1) is 6.92 Å². The molecule has 0 saturated carbocycles. The standard InChI is InChI=1S/C21H19BrN4O3S/c1-12-8-13(22)5-6-15(12)23-18(27)10-26(2)9-17-24-20(28)19-14(11-30-21(19)25-17)16-4-3-7-29-16/h3-8,11H,9-10H2,1-2H3,(H,23,27)(H,24,25,28). The lowest BCUT2D eigenvalue weighted by Crippen LogP contribution is -2.31. The van der Waals surface area contributed by atoms with E-state index in [1.54, 1.807) is 24.3 Å². The number of halogens is 1. The van der Waals surface area contributed by atoms with Crippen molar-refractivity contribution >= 4 is 49.1 Å². The Morgan fingerprint density at radius 2 is 2.20 bits per heavy atom. The van der Waals surface area contributed by atoms with Gasteiger partial charge in [-0.3, -0.25) is 14.5 Å². The monoisotopic (exact) mass is 486 g/mol. The summed E-state index contributed by atoms with van der Waals surface area (Å²) in [6, 6.07) is 9.28. The van der Waals surface area contributed by atoms with E-state index in [2.05, 4.69) is 31.2 Å². The number of benzene rings is 1. The summed E-state index contributed by atoms with van der Waals surface area (Å²) in [6.07, 6.45) is 1.57. The van der Waals surface area contributed by atoms with Gasteiger partial charge in [0.25, 0.3) is 5.56 Å². The van der Waals surface area contributed by atoms with Crippen LogP contribution >= 0.6 is 27.3 Å². The molecule has 1 amide bonds. The van der Waals surface area contributed by atoms with Crippen LogP contribution in [0.1, 0.15) is 11.4 Å². The van der Waals surface area contributed by atoms with Crippen LogP contribution in [0.25, 0.3) is 21.5 Å². The number of H-pyrrole nitrogens is 1. The number of nitrogens with one attached hydrogen (secondary N) is 2. The van der Waals surface area contributed by atoms with Crippen LogP contribution in [0.2, 0.25) is 0 Å². The number of furan rings is 1. The molecule has 3 aromatic heterocycles. The number of nitrogens with zero attached hydrogens (tertiary/aromatic N) is 2. The molecular weight excluding hydrogens is 468 g/mol. The largest absolute Gasteiger partial charge is 0.464 e. The van der Waals surface area contributed by atoms with E-state index in [4.69, 9.17) is 4.42 Å². The number of hydrogen-bond donors (Lipinski definition) is 2. The maximum Gasteiger partial charge on any atom is 0.260 e. The molecule has 0 bridgehead atoms. The molecule has 0 spiro atoms. The van der Waals surface area contributed by atoms with Gasteiger partial charge in [0.2, 0.25) is 5.91 Å². The molecule has 0 saturated heterocycles. The molecule has 0 fully saturated rings. The Labute approximate surface area is 184 Å². The second-order valence-corrected chi connectivity index (χ2v) is 8.77. The van der Waals surface area contributed by atoms with Crippen LogP contribution in [-0.2, 0) is 11.3 Å². The Balaban J connectivity index is 1.46. The van der Waals surface area contributed by atoms with Gasteiger partial charge >= 0.3 is 0 Å². The number of aromatic amines is 1. The third kappa shape index (κ3) is 4.38. The first kappa shape index (κ1) is 20.5. The quantitative estimate of drug-likeness (QED) is 0.421. The molecule has 0 atom stereocenters. The van der Waals surface area contributed by atoms with Crippen LogP contribution in [0.4, 0.5) is 5.69 Å². The van der Waals surface area contributed by atoms with Gasteiger partial charge < -0.3 is 14.7 Å². The fourth-order valence-corrected chi connectivity index (χ4v) is 4.62. The van der Waals surface area contributed by atoms with Crippen molar-refractivity contribution in [1.29, 1.82) is 0 Å². The summed E-state index contributed by atoms with van der Waals surface area (Å²) in [5, 5.41) is 5.30. The number of carbonyl (C=O) groups is 1. The molecule has 0 unspecified atom stereocenters. The van der Waals surface area contributed by atoms with Gasteiger partial charge in [0.1, 0.15) is 16.4 Å². The minimum Gasteiger partial charge on any atom is -0.464 e. The second-order valence-electron chi connectivity index (χ2n) is 7.00. The van der Waals surface area contributed by atoms with Gasteiger partial charge in [-0.15, -0.1) is 11.3 Å². The van der Waals surface area contributed by atoms with E-state index in [-0.39, 0.29) is 18.0 Å². The Bertz CT molecular complexity index is 1260. The predicted molar refractivity (Wildman–Crippen MR) is 122 cm³/mol. The molecule has 7 nitrogen and oxygen atoms in total. The number of fused-ring (bicyclic) bond motifs is 1. The van der Waals surface area contributed by atoms with Gasteiger partial charge in [-0.05, 0) is 49.9 Å². The number of aromatic nitrogens is 2. The zero-order valence-corrected chi connectivity index (χ0v) is 18.8. The highest BCUT2D eigenvalue weighted by molar-refractivity contribution is 9.10. The first-order valence-electron chi connectivity index (χ1n) is 9.19. The minimum atomic E-state index is -0.217. The highest BCUT2D eigenvalue weighted by atomic mass is 79.9. The number of thiophene rings is 1. The van der Waals surface area contributed by atoms with Crippen molar-refractivity contribution in [2.24, 2.45) is 0 Å². The van der Waals surface area contributed by atoms with E-state index in [0.29, 0.717) is 28.3 Å². The molecule has 4 aromatic rings. The van der Waals surface area contributed by atoms with Gasteiger partial charge in [-0.2, -0.15) is 0 Å². The molecule has 4 rings (SSSR count). The van der Waals surface area contributed by atoms with Crippen molar-refractivity contribution < 1.29 is 9.21 Å². The number of amides is 1. The third-order valence-corrected chi connectivity index (χ3v) is 5.94. The summed E-state index contributed by atoms with van der Waals surface area (Å²) < 4.78 is 6.38. The first-order chi connectivity index (χ1) is 14.4. The SMILES string of the molecule is Cc1cc(Br)ccc1NC(=O)CN(C)Cc1nc2scc(-c3ccco3)c2c(=O)[nH]1. The average molecular weight is 487 g/mol. The molecule has 30 heavy (non-hydrogen) atoms. The Morgan fingerprint density at radius 3 is 2.93 bits per heavy atom. The molecule has 0 aliphatic rings. The van der Waals surface area contributed by atoms with Crippen molar-refractivity contribution in [2.75, 3.05) is 18.9 Å². The normalized spacial score (nSPS) is 11.3. The fraction of sp³-hybridized carbons (Fsp3) is 0.190. The lowest BCUT2D eigenvalue weighted by Gasteiger charge is -2.16. The summed E-state index contributed by atoms with van der Waals surface area (Å²) in [4.78, 5) is 34.9. The molecule has 0 aliphatic carbocycles. The van der Waals surface area contributed by atoms with Crippen molar-refractivity contribution in [3.8, 4) is 11.3 Å². The van der Waals surface area contributed by atoms with Crippen molar-refractivity contribution in [3.63, 3.8) is 0 Å². The average Bonchev–Trinajstić information content (AvgIpc) is 3.33. The van der Waals surface area contributed by atoms with Gasteiger partial charge in [0.15, 0.2) is 0 Å². The van der Waals surface area contributed by atoms with Crippen LogP contribution in [0.3, 0.4) is 0 Å². The Kier molecular flexibility index (Phi) is 5.85. The van der Waals surface area contributed by atoms with Crippen LogP contribution < -0.4 is 10.9 Å². The van der Waals surface area contributed by atoms with Crippen molar-refractivity contribution in [1.82, 2.24) is 14.9 Å². The highest BCUT2D eigenvalue weighted by Gasteiger charge is 2.16. The predicted octanol–water partition coefficient (Wildman–Crippen LogP) is 4.39. The maximum atomic E-state index is 12.7. The number of rotatable bonds is 6. The molecule has 1 aromatic carbocycles. The van der Waals surface area contributed by atoms with E-state index in [0.717, 1.165) is 21.3 Å². The van der Waals surface area contributed by atoms with E-state index < -0.39 is 0 Å². The Morgan fingerprint density at radius 1 is 1.37 bits per heavy atom. The van der Waals surface area contributed by atoms with Crippen molar-refractivity contribution in [2.45, 2.75) is 13.5 Å². The van der Waals surface area contributed by atoms with E-state index in [1.165, 1.54) is 11.3 Å². The van der Waals surface area contributed by atoms with E-state index >= 15 is 0 Å². The van der Waals surface area contributed by atoms with Gasteiger partial charge in [-0.1, -0.05) is 15.9 Å². The zero-order valence-electron chi connectivity index (χ0n) is 16.4. The number of anilines is 1. The lowest BCUT2D eigenvalue weighted by atomic mass is 10.2. The first-order valence-corrected chi connectivity index (χ1v) is 10.9. The van der Waals surface area contributed by atoms with Crippen molar-refractivity contribution in [3.05, 3.63) is 68.2 Å². The molecule has 2 N–H and O–H groups in total. The highest BCUT2D eigenvalue weighted by Crippen LogP contribution is 2.30. The van der Waals surface area contributed by atoms with Crippen LogP contribution in [0.5, 0.6) is 0 Å². The van der Waals surface area contributed by atoms with Crippen LogP contribution in [-0.4, -0.2) is 34.4 Å². The molecule has 0 aliphatic heterocycles. The summed E-state index contributed by atoms with van der Waals surface area (Å²) in [5.74, 6) is 1.01. The second kappa shape index (κ2) is 8.55. The third-order valence-electron chi connectivity index (χ3n) is 4.58. The maximum absolute atomic E-state index is 12.7. The topological polar surface area (TPSA) is 91.2 Å². The van der Waals surface area contributed by atoms with E-state index in [9.17, 15) is 9.59 Å². The van der Waals surface area contributed by atoms with Gasteiger partial charge in [-0.25, -0.2) is 4.98 Å². The minimum absolute atomic E-state index is 0.137. The van der Waals surface area contributed by atoms with Crippen LogP contribution in [0.15, 0.2) is 55.7 Å². The number of likely N-dealkylation sites (N-methyl/N-ethyl adjacent to an activating group) is 1. The molecule has 9 heteroatoms. The smallest absolute Gasteiger partial charge is 0.260 e. The lowest BCUT2D eigenvalue weighted by molar-refractivity contribution is -0.117. The fourth-order valence-electron chi connectivity index (χ4n) is 3.20. The molecular formula is C21H19BrN4O3S.